The van der Waals surface area contributed by atoms with E-state index < -0.39 is 17.7 Å². The molecule has 0 saturated carbocycles. The van der Waals surface area contributed by atoms with E-state index in [0.717, 1.165) is 11.6 Å². The summed E-state index contributed by atoms with van der Waals surface area (Å²) in [6.45, 7) is 7.04. The molecule has 0 aromatic carbocycles. The van der Waals surface area contributed by atoms with E-state index in [-0.39, 0.29) is 31.0 Å². The zero-order valence-electron chi connectivity index (χ0n) is 12.7. The molecular formula is C15H20O6. The number of carbonyl (C=O) groups is 3. The molecule has 0 bridgehead atoms. The molecule has 0 aromatic rings. The molecule has 0 fully saturated rings. The van der Waals surface area contributed by atoms with Crippen molar-refractivity contribution in [3.05, 3.63) is 23.5 Å². The lowest BCUT2D eigenvalue weighted by Crippen LogP contribution is -2.34. The quantitative estimate of drug-likeness (QED) is 0.424. The van der Waals surface area contributed by atoms with Gasteiger partial charge in [0, 0.05) is 13.8 Å². The van der Waals surface area contributed by atoms with E-state index in [1.54, 1.807) is 19.9 Å². The van der Waals surface area contributed by atoms with Crippen molar-refractivity contribution in [2.24, 2.45) is 0 Å². The van der Waals surface area contributed by atoms with Crippen molar-refractivity contribution in [1.82, 2.24) is 0 Å². The first-order valence-electron chi connectivity index (χ1n) is 6.61. The first-order valence-corrected chi connectivity index (χ1v) is 6.61. The standard InChI is InChI=1S/C15H20O6/c1-10(2)5-6-19-13(17)8-11(16)7-12-9-14(18)21-15(3,4)20-12/h5,9H,6-8H2,1-4H3. The Labute approximate surface area is 123 Å². The molecule has 21 heavy (non-hydrogen) atoms. The highest BCUT2D eigenvalue weighted by Gasteiger charge is 2.31. The van der Waals surface area contributed by atoms with Crippen LogP contribution in [-0.2, 0) is 28.6 Å². The van der Waals surface area contributed by atoms with Crippen LogP contribution >= 0.6 is 0 Å². The molecule has 6 heteroatoms. The van der Waals surface area contributed by atoms with Crippen molar-refractivity contribution < 1.29 is 28.6 Å². The van der Waals surface area contributed by atoms with Gasteiger partial charge in [-0.1, -0.05) is 5.57 Å². The summed E-state index contributed by atoms with van der Waals surface area (Å²) < 4.78 is 15.1. The molecule has 0 aliphatic carbocycles. The van der Waals surface area contributed by atoms with Crippen molar-refractivity contribution in [3.8, 4) is 0 Å². The van der Waals surface area contributed by atoms with Crippen LogP contribution in [0.25, 0.3) is 0 Å². The smallest absolute Gasteiger partial charge is 0.337 e. The van der Waals surface area contributed by atoms with Crippen LogP contribution in [0, 0.1) is 0 Å². The van der Waals surface area contributed by atoms with Gasteiger partial charge in [-0.25, -0.2) is 4.79 Å². The predicted molar refractivity (Wildman–Crippen MR) is 74.0 cm³/mol. The van der Waals surface area contributed by atoms with Crippen molar-refractivity contribution in [1.29, 1.82) is 0 Å². The third-order valence-electron chi connectivity index (χ3n) is 2.45. The summed E-state index contributed by atoms with van der Waals surface area (Å²) in [7, 11) is 0. The Morgan fingerprint density at radius 3 is 2.52 bits per heavy atom. The van der Waals surface area contributed by atoms with E-state index in [4.69, 9.17) is 14.2 Å². The maximum absolute atomic E-state index is 11.7. The summed E-state index contributed by atoms with van der Waals surface area (Å²) in [6, 6.07) is 0. The number of hydrogen-bond donors (Lipinski definition) is 0. The van der Waals surface area contributed by atoms with E-state index in [9.17, 15) is 14.4 Å². The molecule has 1 aliphatic heterocycles. The van der Waals surface area contributed by atoms with E-state index in [0.29, 0.717) is 0 Å². The summed E-state index contributed by atoms with van der Waals surface area (Å²) >= 11 is 0. The Morgan fingerprint density at radius 1 is 1.29 bits per heavy atom. The highest BCUT2D eigenvalue weighted by Crippen LogP contribution is 2.24. The van der Waals surface area contributed by atoms with Crippen LogP contribution in [0.2, 0.25) is 0 Å². The Balaban J connectivity index is 2.45. The number of ketones is 1. The lowest BCUT2D eigenvalue weighted by Gasteiger charge is -2.30. The third kappa shape index (κ3) is 6.74. The SMILES string of the molecule is CC(C)=CCOC(=O)CC(=O)CC1=CC(=O)OC(C)(C)O1. The van der Waals surface area contributed by atoms with Crippen LogP contribution in [0.3, 0.4) is 0 Å². The van der Waals surface area contributed by atoms with Gasteiger partial charge in [0.25, 0.3) is 0 Å². The predicted octanol–water partition coefficient (Wildman–Crippen LogP) is 2.04. The fourth-order valence-corrected chi connectivity index (χ4v) is 1.63. The first-order chi connectivity index (χ1) is 9.68. The Morgan fingerprint density at radius 2 is 1.95 bits per heavy atom. The van der Waals surface area contributed by atoms with Crippen molar-refractivity contribution >= 4 is 17.7 Å². The van der Waals surface area contributed by atoms with Crippen LogP contribution < -0.4 is 0 Å². The number of rotatable bonds is 6. The van der Waals surface area contributed by atoms with Crippen molar-refractivity contribution in [2.45, 2.75) is 46.3 Å². The molecule has 0 radical (unpaired) electrons. The minimum absolute atomic E-state index is 0.143. The maximum atomic E-state index is 11.7. The molecule has 0 amide bonds. The van der Waals surface area contributed by atoms with Gasteiger partial charge in [0.2, 0.25) is 5.79 Å². The molecular weight excluding hydrogens is 276 g/mol. The number of allylic oxidation sites excluding steroid dienone is 2. The van der Waals surface area contributed by atoms with E-state index >= 15 is 0 Å². The molecule has 0 atom stereocenters. The molecule has 0 N–H and O–H groups in total. The highest BCUT2D eigenvalue weighted by molar-refractivity contribution is 5.97. The second kappa shape index (κ2) is 7.06. The summed E-state index contributed by atoms with van der Waals surface area (Å²) in [6.07, 6.45) is 2.36. The number of esters is 2. The molecule has 6 nitrogen and oxygen atoms in total. The monoisotopic (exact) mass is 296 g/mol. The number of carbonyl (C=O) groups excluding carboxylic acids is 3. The Bertz CT molecular complexity index is 494. The zero-order chi connectivity index (χ0) is 16.0. The van der Waals surface area contributed by atoms with Crippen LogP contribution in [0.15, 0.2) is 23.5 Å². The van der Waals surface area contributed by atoms with Gasteiger partial charge in [0.1, 0.15) is 18.8 Å². The number of ether oxygens (including phenoxy) is 3. The fourth-order valence-electron chi connectivity index (χ4n) is 1.63. The van der Waals surface area contributed by atoms with Gasteiger partial charge in [0.15, 0.2) is 5.78 Å². The van der Waals surface area contributed by atoms with Crippen molar-refractivity contribution in [2.75, 3.05) is 6.61 Å². The van der Waals surface area contributed by atoms with Gasteiger partial charge in [-0.3, -0.25) is 9.59 Å². The second-order valence-corrected chi connectivity index (χ2v) is 5.39. The zero-order valence-corrected chi connectivity index (χ0v) is 12.7. The molecule has 0 spiro atoms. The van der Waals surface area contributed by atoms with Gasteiger partial charge >= 0.3 is 11.9 Å². The Kier molecular flexibility index (Phi) is 5.69. The molecule has 1 aliphatic rings. The van der Waals surface area contributed by atoms with Gasteiger partial charge in [-0.15, -0.1) is 0 Å². The van der Waals surface area contributed by atoms with E-state index in [2.05, 4.69) is 0 Å². The Hall–Kier alpha value is -2.11. The summed E-state index contributed by atoms with van der Waals surface area (Å²) in [5.41, 5.74) is 1.02. The minimum Gasteiger partial charge on any atom is -0.461 e. The molecule has 116 valence electrons. The largest absolute Gasteiger partial charge is 0.461 e. The van der Waals surface area contributed by atoms with Crippen molar-refractivity contribution in [3.63, 3.8) is 0 Å². The second-order valence-electron chi connectivity index (χ2n) is 5.39. The molecule has 0 aromatic heterocycles. The highest BCUT2D eigenvalue weighted by atomic mass is 16.7. The normalized spacial score (nSPS) is 16.2. The van der Waals surface area contributed by atoms with Crippen LogP contribution in [0.4, 0.5) is 0 Å². The first kappa shape index (κ1) is 16.9. The summed E-state index contributed by atoms with van der Waals surface area (Å²) in [5, 5.41) is 0. The van der Waals surface area contributed by atoms with Crippen LogP contribution in [-0.4, -0.2) is 30.1 Å². The molecule has 1 heterocycles. The molecule has 1 rings (SSSR count). The topological polar surface area (TPSA) is 78.9 Å². The lowest BCUT2D eigenvalue weighted by atomic mass is 10.1. The number of cyclic esters (lactones) is 1. The summed E-state index contributed by atoms with van der Waals surface area (Å²) in [5.74, 6) is -2.46. The lowest BCUT2D eigenvalue weighted by molar-refractivity contribution is -0.205. The number of Topliss-reactive ketones (excluding diaryl/α,β-unsaturated/α-hetero) is 1. The average molecular weight is 296 g/mol. The molecule has 0 saturated heterocycles. The van der Waals surface area contributed by atoms with Gasteiger partial charge in [-0.05, 0) is 19.9 Å². The van der Waals surface area contributed by atoms with E-state index in [1.165, 1.54) is 0 Å². The van der Waals surface area contributed by atoms with Gasteiger partial charge in [0.05, 0.1) is 12.5 Å². The van der Waals surface area contributed by atoms with E-state index in [1.807, 2.05) is 13.8 Å². The minimum atomic E-state index is -1.11. The molecule has 0 unspecified atom stereocenters. The van der Waals surface area contributed by atoms with Gasteiger partial charge < -0.3 is 14.2 Å². The third-order valence-corrected chi connectivity index (χ3v) is 2.45. The van der Waals surface area contributed by atoms with Crippen LogP contribution in [0.1, 0.15) is 40.5 Å². The fraction of sp³-hybridized carbons (Fsp3) is 0.533. The maximum Gasteiger partial charge on any atom is 0.337 e. The average Bonchev–Trinajstić information content (AvgIpc) is 2.24. The van der Waals surface area contributed by atoms with Crippen LogP contribution in [0.5, 0.6) is 0 Å². The number of hydrogen-bond acceptors (Lipinski definition) is 6. The summed E-state index contributed by atoms with van der Waals surface area (Å²) in [4.78, 5) is 34.5. The van der Waals surface area contributed by atoms with Gasteiger partial charge in [-0.2, -0.15) is 0 Å².